The van der Waals surface area contributed by atoms with Gasteiger partial charge in [-0.1, -0.05) is 37.6 Å². The van der Waals surface area contributed by atoms with Crippen molar-refractivity contribution in [3.63, 3.8) is 0 Å². The van der Waals surface area contributed by atoms with E-state index in [0.717, 1.165) is 6.54 Å². The largest absolute Gasteiger partial charge is 0.299 e. The van der Waals surface area contributed by atoms with Crippen molar-refractivity contribution in [3.05, 3.63) is 34.9 Å². The summed E-state index contributed by atoms with van der Waals surface area (Å²) >= 11 is 0. The molecule has 0 amide bonds. The van der Waals surface area contributed by atoms with Crippen molar-refractivity contribution in [1.29, 1.82) is 0 Å². The number of nitrogens with zero attached hydrogens (tertiary/aromatic N) is 1. The third-order valence-electron chi connectivity index (χ3n) is 3.05. The molecule has 0 N–H and O–H groups in total. The second kappa shape index (κ2) is 5.32. The molecular formula is C14H23N. The zero-order valence-electron chi connectivity index (χ0n) is 10.7. The molecule has 0 fully saturated rings. The van der Waals surface area contributed by atoms with Crippen molar-refractivity contribution in [2.75, 3.05) is 7.05 Å². The molecule has 1 aromatic rings. The Morgan fingerprint density at radius 2 is 1.87 bits per heavy atom. The normalized spacial score (nSPS) is 20.2. The van der Waals surface area contributed by atoms with Gasteiger partial charge in [0.2, 0.25) is 0 Å². The second-order valence-electron chi connectivity index (χ2n) is 4.24. The highest BCUT2D eigenvalue weighted by Crippen LogP contribution is 2.22. The number of rotatable bonds is 0. The fourth-order valence-corrected chi connectivity index (χ4v) is 2.00. The van der Waals surface area contributed by atoms with Gasteiger partial charge in [-0.15, -0.1) is 0 Å². The molecule has 0 saturated heterocycles. The van der Waals surface area contributed by atoms with Crippen LogP contribution < -0.4 is 0 Å². The quantitative estimate of drug-likeness (QED) is 0.627. The van der Waals surface area contributed by atoms with Gasteiger partial charge in [-0.3, -0.25) is 4.90 Å². The fraction of sp³-hybridized carbons (Fsp3) is 0.571. The summed E-state index contributed by atoms with van der Waals surface area (Å²) in [4.78, 5) is 2.41. The lowest BCUT2D eigenvalue weighted by Crippen LogP contribution is -2.34. The van der Waals surface area contributed by atoms with Gasteiger partial charge in [0.1, 0.15) is 0 Å². The van der Waals surface area contributed by atoms with E-state index in [0.29, 0.717) is 6.04 Å². The average molecular weight is 205 g/mol. The molecule has 0 aromatic heterocycles. The molecule has 1 heteroatoms. The van der Waals surface area contributed by atoms with Gasteiger partial charge in [-0.05, 0) is 38.4 Å². The molecule has 2 rings (SSSR count). The highest BCUT2D eigenvalue weighted by molar-refractivity contribution is 5.33. The van der Waals surface area contributed by atoms with Crippen LogP contribution in [0, 0.1) is 6.92 Å². The van der Waals surface area contributed by atoms with E-state index in [1.165, 1.54) is 17.5 Å². The zero-order chi connectivity index (χ0) is 11.4. The first kappa shape index (κ1) is 12.3. The Hall–Kier alpha value is -0.820. The molecule has 0 radical (unpaired) electrons. The predicted octanol–water partition coefficient (Wildman–Crippen LogP) is 3.40. The lowest BCUT2D eigenvalue weighted by molar-refractivity contribution is 0.231. The number of likely N-dealkylation sites (N-methyl/N-ethyl adjacent to an activating group) is 1. The van der Waals surface area contributed by atoms with E-state index in [1.54, 1.807) is 5.56 Å². The van der Waals surface area contributed by atoms with Crippen LogP contribution in [-0.2, 0) is 13.0 Å². The first-order chi connectivity index (χ1) is 7.16. The molecule has 1 heterocycles. The third-order valence-corrected chi connectivity index (χ3v) is 3.05. The van der Waals surface area contributed by atoms with Gasteiger partial charge < -0.3 is 0 Å². The molecular weight excluding hydrogens is 182 g/mol. The molecule has 1 aliphatic rings. The van der Waals surface area contributed by atoms with E-state index >= 15 is 0 Å². The van der Waals surface area contributed by atoms with Gasteiger partial charge >= 0.3 is 0 Å². The number of fused-ring (bicyclic) bond motifs is 1. The SMILES string of the molecule is CC.Cc1ccc2c(c1)CC(C)N(C)C2. The van der Waals surface area contributed by atoms with Crippen molar-refractivity contribution in [2.24, 2.45) is 0 Å². The summed E-state index contributed by atoms with van der Waals surface area (Å²) in [5.41, 5.74) is 4.44. The topological polar surface area (TPSA) is 3.24 Å². The maximum Gasteiger partial charge on any atom is 0.0236 e. The van der Waals surface area contributed by atoms with Crippen LogP contribution in [0.15, 0.2) is 18.2 Å². The van der Waals surface area contributed by atoms with E-state index in [2.05, 4.69) is 44.0 Å². The monoisotopic (exact) mass is 205 g/mol. The summed E-state index contributed by atoms with van der Waals surface area (Å²) in [7, 11) is 2.20. The Kier molecular flexibility index (Phi) is 4.34. The van der Waals surface area contributed by atoms with Crippen LogP contribution in [0.3, 0.4) is 0 Å². The van der Waals surface area contributed by atoms with Crippen LogP contribution in [-0.4, -0.2) is 18.0 Å². The van der Waals surface area contributed by atoms with Gasteiger partial charge in [-0.25, -0.2) is 0 Å². The maximum atomic E-state index is 2.41. The van der Waals surface area contributed by atoms with Gasteiger partial charge in [0.25, 0.3) is 0 Å². The van der Waals surface area contributed by atoms with Crippen LogP contribution in [0.2, 0.25) is 0 Å². The van der Waals surface area contributed by atoms with E-state index in [1.807, 2.05) is 13.8 Å². The lowest BCUT2D eigenvalue weighted by Gasteiger charge is -2.31. The molecule has 1 nitrogen and oxygen atoms in total. The first-order valence-electron chi connectivity index (χ1n) is 5.95. The summed E-state index contributed by atoms with van der Waals surface area (Å²) in [6, 6.07) is 7.50. The van der Waals surface area contributed by atoms with Gasteiger partial charge in [-0.2, -0.15) is 0 Å². The van der Waals surface area contributed by atoms with Gasteiger partial charge in [0.15, 0.2) is 0 Å². The first-order valence-corrected chi connectivity index (χ1v) is 5.95. The number of aryl methyl sites for hydroxylation is 1. The van der Waals surface area contributed by atoms with E-state index in [9.17, 15) is 0 Å². The number of hydrogen-bond acceptors (Lipinski definition) is 1. The Morgan fingerprint density at radius 3 is 2.53 bits per heavy atom. The van der Waals surface area contributed by atoms with Crippen LogP contribution in [0.1, 0.15) is 37.5 Å². The molecule has 0 aliphatic carbocycles. The molecule has 1 unspecified atom stereocenters. The van der Waals surface area contributed by atoms with E-state index in [4.69, 9.17) is 0 Å². The Balaban J connectivity index is 0.000000531. The van der Waals surface area contributed by atoms with Crippen molar-refractivity contribution in [2.45, 2.75) is 46.7 Å². The molecule has 84 valence electrons. The molecule has 1 aliphatic heterocycles. The second-order valence-corrected chi connectivity index (χ2v) is 4.24. The van der Waals surface area contributed by atoms with Crippen molar-refractivity contribution >= 4 is 0 Å². The molecule has 1 aromatic carbocycles. The van der Waals surface area contributed by atoms with Gasteiger partial charge in [0.05, 0.1) is 0 Å². The standard InChI is InChI=1S/C12H17N.C2H6/c1-9-4-5-11-8-13(3)10(2)7-12(11)6-9;1-2/h4-6,10H,7-8H2,1-3H3;1-2H3. The Labute approximate surface area is 94.1 Å². The van der Waals surface area contributed by atoms with Crippen molar-refractivity contribution < 1.29 is 0 Å². The minimum atomic E-state index is 0.689. The van der Waals surface area contributed by atoms with Crippen LogP contribution in [0.5, 0.6) is 0 Å². The summed E-state index contributed by atoms with van der Waals surface area (Å²) in [5.74, 6) is 0. The zero-order valence-corrected chi connectivity index (χ0v) is 10.7. The third kappa shape index (κ3) is 2.82. The maximum absolute atomic E-state index is 2.41. The Morgan fingerprint density at radius 1 is 1.20 bits per heavy atom. The smallest absolute Gasteiger partial charge is 0.0236 e. The average Bonchev–Trinajstić information content (AvgIpc) is 2.23. The van der Waals surface area contributed by atoms with Crippen molar-refractivity contribution in [1.82, 2.24) is 4.90 Å². The van der Waals surface area contributed by atoms with E-state index < -0.39 is 0 Å². The fourth-order valence-electron chi connectivity index (χ4n) is 2.00. The lowest BCUT2D eigenvalue weighted by atomic mass is 9.94. The number of hydrogen-bond donors (Lipinski definition) is 0. The molecule has 0 spiro atoms. The van der Waals surface area contributed by atoms with Gasteiger partial charge in [0, 0.05) is 12.6 Å². The summed E-state index contributed by atoms with van der Waals surface area (Å²) in [6.07, 6.45) is 1.20. The molecule has 0 bridgehead atoms. The minimum Gasteiger partial charge on any atom is -0.299 e. The van der Waals surface area contributed by atoms with E-state index in [-0.39, 0.29) is 0 Å². The number of benzene rings is 1. The van der Waals surface area contributed by atoms with Crippen LogP contribution in [0.25, 0.3) is 0 Å². The summed E-state index contributed by atoms with van der Waals surface area (Å²) in [5, 5.41) is 0. The highest BCUT2D eigenvalue weighted by atomic mass is 15.1. The summed E-state index contributed by atoms with van der Waals surface area (Å²) < 4.78 is 0. The molecule has 15 heavy (non-hydrogen) atoms. The predicted molar refractivity (Wildman–Crippen MR) is 67.2 cm³/mol. The minimum absolute atomic E-state index is 0.689. The molecule has 1 atom stereocenters. The Bertz CT molecular complexity index is 317. The molecule has 0 saturated carbocycles. The van der Waals surface area contributed by atoms with Crippen molar-refractivity contribution in [3.8, 4) is 0 Å². The van der Waals surface area contributed by atoms with Crippen LogP contribution in [0.4, 0.5) is 0 Å². The highest BCUT2D eigenvalue weighted by Gasteiger charge is 2.18. The van der Waals surface area contributed by atoms with Crippen LogP contribution >= 0.6 is 0 Å². The summed E-state index contributed by atoms with van der Waals surface area (Å²) in [6.45, 7) is 9.57.